The van der Waals surface area contributed by atoms with Crippen LogP contribution in [0.2, 0.25) is 0 Å². The maximum atomic E-state index is 12.1. The van der Waals surface area contributed by atoms with E-state index in [1.807, 2.05) is 0 Å². The van der Waals surface area contributed by atoms with Crippen LogP contribution in [-0.4, -0.2) is 31.7 Å². The average Bonchev–Trinajstić information content (AvgIpc) is 1.79. The third kappa shape index (κ3) is 1.86. The minimum Gasteiger partial charge on any atom is -0.292 e. The monoisotopic (exact) mass is 175 g/mol. The summed E-state index contributed by atoms with van der Waals surface area (Å²) < 4.78 is 50.9. The van der Waals surface area contributed by atoms with Crippen LogP contribution in [0.25, 0.3) is 0 Å². The molecule has 0 amide bonds. The molecule has 0 radical (unpaired) electrons. The maximum Gasteiger partial charge on any atom is 0.530 e. The van der Waals surface area contributed by atoms with Crippen molar-refractivity contribution in [3.63, 3.8) is 0 Å². The van der Waals surface area contributed by atoms with Crippen LogP contribution in [-0.2, 0) is 14.6 Å². The topological polar surface area (TPSA) is 56.2 Å². The molecule has 4 nitrogen and oxygen atoms in total. The molecule has 60 valence electrons. The zero-order valence-electron chi connectivity index (χ0n) is 4.75. The van der Waals surface area contributed by atoms with Crippen LogP contribution in [0.1, 0.15) is 0 Å². The Morgan fingerprint density at radius 1 is 1.50 bits per heavy atom. The highest BCUT2D eigenvalue weighted by molar-refractivity contribution is 7.81. The van der Waals surface area contributed by atoms with E-state index in [4.69, 9.17) is 0 Å². The highest BCUT2D eigenvalue weighted by atomic mass is 32.3. The smallest absolute Gasteiger partial charge is 0.292 e. The zero-order valence-corrected chi connectivity index (χ0v) is 5.57. The molecule has 0 spiro atoms. The van der Waals surface area contributed by atoms with Crippen LogP contribution in [0.3, 0.4) is 0 Å². The molecule has 0 aliphatic carbocycles. The summed E-state index contributed by atoms with van der Waals surface area (Å²) in [6, 6.07) is 0. The second-order valence-electron chi connectivity index (χ2n) is 1.83. The van der Waals surface area contributed by atoms with Gasteiger partial charge in [0, 0.05) is 0 Å². The fraction of sp³-hybridized carbons (Fsp3) is 1.00. The largest absolute Gasteiger partial charge is 0.530 e. The van der Waals surface area contributed by atoms with Gasteiger partial charge in [-0.1, -0.05) is 0 Å². The third-order valence-corrected chi connectivity index (χ3v) is 1.73. The van der Waals surface area contributed by atoms with Gasteiger partial charge < -0.3 is 0 Å². The second-order valence-corrected chi connectivity index (χ2v) is 3.18. The molecule has 0 aromatic carbocycles. The first-order chi connectivity index (χ1) is 4.41. The number of halogens is 2. The van der Waals surface area contributed by atoms with Gasteiger partial charge in [-0.15, -0.1) is 8.42 Å². The molecule has 1 saturated heterocycles. The van der Waals surface area contributed by atoms with Gasteiger partial charge in [0.1, 0.15) is 6.61 Å². The molecule has 10 heavy (non-hydrogen) atoms. The Balaban J connectivity index is 2.63. The molecule has 1 N–H and O–H groups in total. The van der Waals surface area contributed by atoms with E-state index in [1.165, 1.54) is 0 Å². The third-order valence-electron chi connectivity index (χ3n) is 0.873. The molecule has 1 fully saturated rings. The number of hydrogen-bond donors (Lipinski definition) is 0. The average molecular weight is 175 g/mol. The lowest BCUT2D eigenvalue weighted by atomic mass is 10.4. The van der Waals surface area contributed by atoms with Gasteiger partial charge in [0.05, 0.1) is 0 Å². The van der Waals surface area contributed by atoms with Crippen LogP contribution >= 0.6 is 0 Å². The maximum absolute atomic E-state index is 12.1. The molecule has 0 unspecified atom stereocenters. The van der Waals surface area contributed by atoms with Crippen LogP contribution in [0, 0.1) is 0 Å². The molecule has 0 bridgehead atoms. The van der Waals surface area contributed by atoms with Crippen molar-refractivity contribution in [1.82, 2.24) is 0 Å². The highest BCUT2D eigenvalue weighted by Crippen LogP contribution is 2.19. The standard InChI is InChI=1S/C3H4F2O4S/c4-3(5)1-8-10(6,7)9-2-3/h1-2H2/p+1. The molecular formula is C3H5F2O4S+. The predicted molar refractivity (Wildman–Crippen MR) is 26.9 cm³/mol. The lowest BCUT2D eigenvalue weighted by Gasteiger charge is -2.16. The molecule has 1 heterocycles. The fourth-order valence-corrected chi connectivity index (χ4v) is 1.16. The van der Waals surface area contributed by atoms with Gasteiger partial charge in [0.2, 0.25) is 6.61 Å². The van der Waals surface area contributed by atoms with E-state index >= 15 is 0 Å². The summed E-state index contributed by atoms with van der Waals surface area (Å²) in [7, 11) is -4.01. The van der Waals surface area contributed by atoms with Crippen molar-refractivity contribution >= 4 is 10.4 Å². The van der Waals surface area contributed by atoms with E-state index in [9.17, 15) is 17.2 Å². The van der Waals surface area contributed by atoms with Crippen molar-refractivity contribution in [1.29, 1.82) is 0 Å². The quantitative estimate of drug-likeness (QED) is 0.365. The van der Waals surface area contributed by atoms with Gasteiger partial charge in [0.15, 0.2) is 0 Å². The zero-order chi connectivity index (χ0) is 7.83. The molecule has 7 heteroatoms. The summed E-state index contributed by atoms with van der Waals surface area (Å²) in [5.74, 6) is -3.13. The van der Waals surface area contributed by atoms with Crippen molar-refractivity contribution < 1.29 is 25.6 Å². The van der Waals surface area contributed by atoms with Gasteiger partial charge in [0.25, 0.3) is 0 Å². The van der Waals surface area contributed by atoms with Gasteiger partial charge in [-0.2, -0.15) is 8.78 Å². The van der Waals surface area contributed by atoms with E-state index in [1.54, 1.807) is 0 Å². The molecule has 1 aliphatic heterocycles. The van der Waals surface area contributed by atoms with Gasteiger partial charge >= 0.3 is 16.3 Å². The highest BCUT2D eigenvalue weighted by Gasteiger charge is 2.44. The normalized spacial score (nSPS) is 29.8. The molecule has 0 saturated carbocycles. The summed E-state index contributed by atoms with van der Waals surface area (Å²) in [6.07, 6.45) is 0. The van der Waals surface area contributed by atoms with Gasteiger partial charge in [-0.05, 0) is 0 Å². The number of aliphatic hydroxyl groups is 1. The SMILES string of the molecule is O=S1(=O)OCC(F)(F)C[OH+]1. The van der Waals surface area contributed by atoms with E-state index in [-0.39, 0.29) is 0 Å². The molecule has 0 atom stereocenters. The van der Waals surface area contributed by atoms with E-state index < -0.39 is 29.5 Å². The van der Waals surface area contributed by atoms with Gasteiger partial charge in [-0.25, -0.2) is 4.18 Å². The Morgan fingerprint density at radius 2 is 2.10 bits per heavy atom. The number of alkyl halides is 2. The Hall–Kier alpha value is -0.270. The fourth-order valence-electron chi connectivity index (χ4n) is 0.417. The van der Waals surface area contributed by atoms with Crippen molar-refractivity contribution in [3.8, 4) is 0 Å². The minimum absolute atomic E-state index is 1.00. The predicted octanol–water partition coefficient (Wildman–Crippen LogP) is -0.575. The van der Waals surface area contributed by atoms with Crippen LogP contribution in [0.4, 0.5) is 8.78 Å². The van der Waals surface area contributed by atoms with Gasteiger partial charge in [-0.3, -0.25) is 4.18 Å². The lowest BCUT2D eigenvalue weighted by molar-refractivity contribution is -0.139. The van der Waals surface area contributed by atoms with Crippen molar-refractivity contribution in [2.45, 2.75) is 5.92 Å². The van der Waals surface area contributed by atoms with Crippen LogP contribution in [0.15, 0.2) is 0 Å². The Morgan fingerprint density at radius 3 is 2.40 bits per heavy atom. The first-order valence-corrected chi connectivity index (χ1v) is 3.74. The van der Waals surface area contributed by atoms with E-state index in [2.05, 4.69) is 8.37 Å². The Labute approximate surface area is 56.1 Å². The lowest BCUT2D eigenvalue weighted by Crippen LogP contribution is -2.40. The Kier molecular flexibility index (Phi) is 1.65. The van der Waals surface area contributed by atoms with E-state index in [0.717, 1.165) is 0 Å². The molecule has 0 aromatic rings. The van der Waals surface area contributed by atoms with Crippen molar-refractivity contribution in [2.24, 2.45) is 0 Å². The van der Waals surface area contributed by atoms with Crippen LogP contribution in [0.5, 0.6) is 0 Å². The minimum atomic E-state index is -4.01. The summed E-state index contributed by atoms with van der Waals surface area (Å²) in [5.41, 5.74) is 0. The van der Waals surface area contributed by atoms with E-state index in [0.29, 0.717) is 0 Å². The summed E-state index contributed by atoms with van der Waals surface area (Å²) in [5, 5.41) is 0. The number of rotatable bonds is 0. The molecule has 0 aromatic heterocycles. The second kappa shape index (κ2) is 2.11. The molecule has 1 rings (SSSR count). The molecule has 1 aliphatic rings. The summed E-state index contributed by atoms with van der Waals surface area (Å²) >= 11 is 0. The molecular weight excluding hydrogens is 170 g/mol. The van der Waals surface area contributed by atoms with Crippen LogP contribution < -0.4 is 0 Å². The number of hydrogen-bond acceptors (Lipinski definition) is 3. The Bertz CT molecular complexity index is 205. The summed E-state index contributed by atoms with van der Waals surface area (Å²) in [4.78, 5) is 0. The van der Waals surface area contributed by atoms with Crippen molar-refractivity contribution in [2.75, 3.05) is 13.2 Å². The summed E-state index contributed by atoms with van der Waals surface area (Å²) in [6.45, 7) is -2.10. The first kappa shape index (κ1) is 7.83. The first-order valence-electron chi connectivity index (χ1n) is 2.37. The van der Waals surface area contributed by atoms with Crippen molar-refractivity contribution in [3.05, 3.63) is 0 Å².